The van der Waals surface area contributed by atoms with Crippen molar-refractivity contribution in [1.29, 1.82) is 0 Å². The van der Waals surface area contributed by atoms with Gasteiger partial charge in [0.2, 0.25) is 10.0 Å². The fourth-order valence-corrected chi connectivity index (χ4v) is 2.61. The Morgan fingerprint density at radius 2 is 1.86 bits per heavy atom. The minimum Gasteiger partial charge on any atom is -0.469 e. The number of carbonyl (C=O) groups is 2. The molecule has 21 heavy (non-hydrogen) atoms. The predicted molar refractivity (Wildman–Crippen MR) is 76.6 cm³/mol. The summed E-state index contributed by atoms with van der Waals surface area (Å²) in [5.74, 6) is -1.71. The van der Waals surface area contributed by atoms with Gasteiger partial charge in [-0.15, -0.1) is 0 Å². The summed E-state index contributed by atoms with van der Waals surface area (Å²) >= 11 is 0. The molecule has 7 nitrogen and oxygen atoms in total. The van der Waals surface area contributed by atoms with E-state index in [1.807, 2.05) is 0 Å². The summed E-state index contributed by atoms with van der Waals surface area (Å²) in [6.45, 7) is 1.77. The van der Waals surface area contributed by atoms with Crippen LogP contribution in [-0.2, 0) is 24.3 Å². The van der Waals surface area contributed by atoms with Crippen LogP contribution in [0.2, 0.25) is 0 Å². The van der Waals surface area contributed by atoms with Gasteiger partial charge in [0.25, 0.3) is 0 Å². The van der Waals surface area contributed by atoms with Crippen LogP contribution in [0.5, 0.6) is 0 Å². The summed E-state index contributed by atoms with van der Waals surface area (Å²) in [5, 5.41) is 0. The predicted octanol–water partition coefficient (Wildman–Crippen LogP) is 1.09. The van der Waals surface area contributed by atoms with Gasteiger partial charge in [-0.05, 0) is 19.1 Å². The van der Waals surface area contributed by atoms with Crippen molar-refractivity contribution in [3.8, 4) is 0 Å². The highest BCUT2D eigenvalue weighted by atomic mass is 32.2. The molecule has 0 atom stereocenters. The van der Waals surface area contributed by atoms with Crippen LogP contribution >= 0.6 is 0 Å². The molecule has 0 aliphatic heterocycles. The Morgan fingerprint density at radius 3 is 2.43 bits per heavy atom. The fourth-order valence-electron chi connectivity index (χ4n) is 1.56. The minimum atomic E-state index is -3.78. The number of carbonyl (C=O) groups excluding carboxylic acids is 2. The molecule has 8 heteroatoms. The van der Waals surface area contributed by atoms with Crippen molar-refractivity contribution in [3.05, 3.63) is 29.3 Å². The lowest BCUT2D eigenvalue weighted by molar-refractivity contribution is -0.140. The smallest absolute Gasteiger partial charge is 0.340 e. The van der Waals surface area contributed by atoms with Crippen LogP contribution in [-0.4, -0.2) is 40.3 Å². The summed E-state index contributed by atoms with van der Waals surface area (Å²) in [4.78, 5) is 22.6. The number of hydrogen-bond donors (Lipinski definition) is 1. The zero-order valence-electron chi connectivity index (χ0n) is 12.0. The van der Waals surface area contributed by atoms with Crippen LogP contribution in [0.1, 0.15) is 22.3 Å². The normalized spacial score (nSPS) is 10.8. The van der Waals surface area contributed by atoms with Crippen molar-refractivity contribution in [3.63, 3.8) is 0 Å². The second-order valence-corrected chi connectivity index (χ2v) is 6.13. The summed E-state index contributed by atoms with van der Waals surface area (Å²) in [6.07, 6.45) is -0.273. The van der Waals surface area contributed by atoms with Crippen LogP contribution in [0.4, 0.5) is 5.69 Å². The van der Waals surface area contributed by atoms with Crippen LogP contribution < -0.4 is 4.72 Å². The molecule has 0 radical (unpaired) electrons. The molecule has 0 aliphatic rings. The number of anilines is 1. The second-order valence-electron chi connectivity index (χ2n) is 4.29. The maximum absolute atomic E-state index is 11.9. The Bertz CT molecular complexity index is 638. The molecule has 0 amide bonds. The van der Waals surface area contributed by atoms with Gasteiger partial charge in [-0.2, -0.15) is 0 Å². The first kappa shape index (κ1) is 17.0. The molecule has 0 heterocycles. The molecule has 0 aliphatic carbocycles. The number of ether oxygens (including phenoxy) is 2. The lowest BCUT2D eigenvalue weighted by Crippen LogP contribution is -2.21. The third-order valence-electron chi connectivity index (χ3n) is 2.65. The van der Waals surface area contributed by atoms with Crippen LogP contribution in [0.15, 0.2) is 18.2 Å². The van der Waals surface area contributed by atoms with E-state index in [2.05, 4.69) is 14.2 Å². The van der Waals surface area contributed by atoms with Gasteiger partial charge in [-0.1, -0.05) is 11.6 Å². The molecule has 0 saturated carbocycles. The number of benzene rings is 1. The molecular weight excluding hydrogens is 298 g/mol. The highest BCUT2D eigenvalue weighted by Gasteiger charge is 2.18. The van der Waals surface area contributed by atoms with Gasteiger partial charge >= 0.3 is 11.9 Å². The van der Waals surface area contributed by atoms with E-state index in [1.54, 1.807) is 13.0 Å². The zero-order chi connectivity index (χ0) is 16.0. The fraction of sp³-hybridized carbons (Fsp3) is 0.385. The van der Waals surface area contributed by atoms with E-state index in [9.17, 15) is 18.0 Å². The number of aryl methyl sites for hydroxylation is 1. The van der Waals surface area contributed by atoms with E-state index in [0.29, 0.717) is 0 Å². The van der Waals surface area contributed by atoms with Gasteiger partial charge in [0.1, 0.15) is 0 Å². The van der Waals surface area contributed by atoms with E-state index < -0.39 is 27.7 Å². The lowest BCUT2D eigenvalue weighted by atomic mass is 10.1. The standard InChI is InChI=1S/C13H17NO6S/c1-9-4-5-11(10(8-9)13(16)20-3)14-21(17,18)7-6-12(15)19-2/h4-5,8,14H,6-7H2,1-3H3. The Morgan fingerprint density at radius 1 is 1.19 bits per heavy atom. The van der Waals surface area contributed by atoms with E-state index in [0.717, 1.165) is 5.56 Å². The maximum Gasteiger partial charge on any atom is 0.340 e. The van der Waals surface area contributed by atoms with Gasteiger partial charge in [0.15, 0.2) is 0 Å². The molecule has 0 aromatic heterocycles. The van der Waals surface area contributed by atoms with Crippen LogP contribution in [0.25, 0.3) is 0 Å². The highest BCUT2D eigenvalue weighted by Crippen LogP contribution is 2.20. The van der Waals surface area contributed by atoms with Crippen molar-refractivity contribution >= 4 is 27.6 Å². The molecule has 1 N–H and O–H groups in total. The number of nitrogens with one attached hydrogen (secondary N) is 1. The molecule has 1 aromatic carbocycles. The third-order valence-corrected chi connectivity index (χ3v) is 3.92. The van der Waals surface area contributed by atoms with Crippen molar-refractivity contribution in [2.75, 3.05) is 24.7 Å². The summed E-state index contributed by atoms with van der Waals surface area (Å²) in [5.41, 5.74) is 1.00. The molecule has 0 bridgehead atoms. The quantitative estimate of drug-likeness (QED) is 0.789. The number of esters is 2. The van der Waals surface area contributed by atoms with Gasteiger partial charge in [0.05, 0.1) is 37.6 Å². The number of sulfonamides is 1. The van der Waals surface area contributed by atoms with Crippen molar-refractivity contribution in [2.45, 2.75) is 13.3 Å². The Hall–Kier alpha value is -2.09. The number of methoxy groups -OCH3 is 2. The second kappa shape index (κ2) is 7.07. The van der Waals surface area contributed by atoms with E-state index >= 15 is 0 Å². The molecule has 1 aromatic rings. The number of rotatable bonds is 6. The topological polar surface area (TPSA) is 98.8 Å². The average Bonchev–Trinajstić information content (AvgIpc) is 2.45. The monoisotopic (exact) mass is 315 g/mol. The van der Waals surface area contributed by atoms with E-state index in [1.165, 1.54) is 26.4 Å². The Kier molecular flexibility index (Phi) is 5.71. The van der Waals surface area contributed by atoms with Crippen LogP contribution in [0.3, 0.4) is 0 Å². The zero-order valence-corrected chi connectivity index (χ0v) is 12.8. The highest BCUT2D eigenvalue weighted by molar-refractivity contribution is 7.92. The number of hydrogen-bond acceptors (Lipinski definition) is 6. The summed E-state index contributed by atoms with van der Waals surface area (Å²) < 4.78 is 35.1. The maximum atomic E-state index is 11.9. The first-order valence-corrected chi connectivity index (χ1v) is 7.70. The molecule has 1 rings (SSSR count). The summed E-state index contributed by atoms with van der Waals surface area (Å²) in [6, 6.07) is 4.64. The molecule has 0 saturated heterocycles. The van der Waals surface area contributed by atoms with Gasteiger partial charge in [-0.3, -0.25) is 9.52 Å². The lowest BCUT2D eigenvalue weighted by Gasteiger charge is -2.12. The average molecular weight is 315 g/mol. The molecule has 0 fully saturated rings. The first-order chi connectivity index (χ1) is 9.79. The van der Waals surface area contributed by atoms with E-state index in [4.69, 9.17) is 0 Å². The molecule has 116 valence electrons. The molecular formula is C13H17NO6S. The minimum absolute atomic E-state index is 0.109. The van der Waals surface area contributed by atoms with E-state index in [-0.39, 0.29) is 17.7 Å². The summed E-state index contributed by atoms with van der Waals surface area (Å²) in [7, 11) is -1.39. The Labute approximate surface area is 123 Å². The Balaban J connectivity index is 2.96. The van der Waals surface area contributed by atoms with Crippen molar-refractivity contribution in [1.82, 2.24) is 0 Å². The van der Waals surface area contributed by atoms with Gasteiger partial charge < -0.3 is 9.47 Å². The van der Waals surface area contributed by atoms with Crippen molar-refractivity contribution in [2.24, 2.45) is 0 Å². The van der Waals surface area contributed by atoms with Gasteiger partial charge in [-0.25, -0.2) is 13.2 Å². The third kappa shape index (κ3) is 5.07. The molecule has 0 unspecified atom stereocenters. The SMILES string of the molecule is COC(=O)CCS(=O)(=O)Nc1ccc(C)cc1C(=O)OC. The molecule has 0 spiro atoms. The van der Waals surface area contributed by atoms with Crippen LogP contribution in [0, 0.1) is 6.92 Å². The largest absolute Gasteiger partial charge is 0.469 e. The van der Waals surface area contributed by atoms with Crippen molar-refractivity contribution < 1.29 is 27.5 Å². The van der Waals surface area contributed by atoms with Gasteiger partial charge in [0, 0.05) is 0 Å². The first-order valence-electron chi connectivity index (χ1n) is 6.05.